The third kappa shape index (κ3) is 7.42. The first-order chi connectivity index (χ1) is 27.7. The largest absolute Gasteiger partial charge is 0.460 e. The van der Waals surface area contributed by atoms with Crippen molar-refractivity contribution in [2.75, 3.05) is 26.8 Å². The summed E-state index contributed by atoms with van der Waals surface area (Å²) in [6, 6.07) is 8.02. The highest BCUT2D eigenvalue weighted by Gasteiger charge is 2.71. The van der Waals surface area contributed by atoms with Crippen molar-refractivity contribution in [1.29, 1.82) is 0 Å². The summed E-state index contributed by atoms with van der Waals surface area (Å²) < 4.78 is 65.2. The minimum absolute atomic E-state index is 0.00929. The van der Waals surface area contributed by atoms with Crippen LogP contribution in [0, 0.1) is 56.7 Å². The zero-order valence-electron chi connectivity index (χ0n) is 37.5. The number of nitrogens with one attached hydrogen (secondary N) is 1. The minimum atomic E-state index is -4.32. The summed E-state index contributed by atoms with van der Waals surface area (Å²) in [7, 11) is 1.82. The Labute approximate surface area is 353 Å². The normalized spacial score (nSPS) is 39.5. The second-order valence-corrected chi connectivity index (χ2v) is 21.8. The fourth-order valence-corrected chi connectivity index (χ4v) is 15.3. The summed E-state index contributed by atoms with van der Waals surface area (Å²) in [5.41, 5.74) is 3.05. The Kier molecular flexibility index (Phi) is 12.1. The molecule has 4 nitrogen and oxygen atoms in total. The molecule has 0 amide bonds. The van der Waals surface area contributed by atoms with E-state index in [0.717, 1.165) is 75.3 Å². The molecule has 0 spiro atoms. The molecule has 4 saturated carbocycles. The monoisotopic (exact) mass is 823 g/mol. The van der Waals surface area contributed by atoms with Gasteiger partial charge in [-0.25, -0.2) is 4.39 Å². The lowest BCUT2D eigenvalue weighted by molar-refractivity contribution is -0.225. The number of nitrogens with zero attached hydrogens (tertiary/aromatic N) is 1. The number of hydrogen-bond acceptors (Lipinski definition) is 4. The molecule has 1 aromatic rings. The van der Waals surface area contributed by atoms with Gasteiger partial charge in [-0.15, -0.1) is 0 Å². The number of carbonyl (C=O) groups excluding carboxylic acids is 1. The van der Waals surface area contributed by atoms with Crippen molar-refractivity contribution in [3.8, 4) is 0 Å². The van der Waals surface area contributed by atoms with Gasteiger partial charge in [0.1, 0.15) is 19.3 Å². The first kappa shape index (κ1) is 44.6. The van der Waals surface area contributed by atoms with Crippen LogP contribution in [0.25, 0.3) is 0 Å². The molecular formula is C51H74F4N2O2. The van der Waals surface area contributed by atoms with Gasteiger partial charge in [0, 0.05) is 12.1 Å². The number of fused-ring (bicyclic) bond motifs is 7. The van der Waals surface area contributed by atoms with Crippen molar-refractivity contribution in [2.45, 2.75) is 156 Å². The zero-order valence-corrected chi connectivity index (χ0v) is 37.5. The van der Waals surface area contributed by atoms with E-state index >= 15 is 0 Å². The van der Waals surface area contributed by atoms with Gasteiger partial charge in [-0.3, -0.25) is 10.1 Å². The van der Waals surface area contributed by atoms with Gasteiger partial charge in [0.2, 0.25) is 0 Å². The summed E-state index contributed by atoms with van der Waals surface area (Å²) in [6.45, 7) is 21.2. The number of carbonyl (C=O) groups is 1. The highest BCUT2D eigenvalue weighted by molar-refractivity contribution is 5.78. The molecule has 0 saturated heterocycles. The van der Waals surface area contributed by atoms with Crippen LogP contribution in [0.4, 0.5) is 17.6 Å². The van der Waals surface area contributed by atoms with Gasteiger partial charge in [0.15, 0.2) is 0 Å². The second-order valence-electron chi connectivity index (χ2n) is 21.8. The number of benzene rings is 1. The molecule has 11 atom stereocenters. The van der Waals surface area contributed by atoms with Crippen molar-refractivity contribution >= 4 is 5.97 Å². The van der Waals surface area contributed by atoms with Crippen molar-refractivity contribution in [3.63, 3.8) is 0 Å². The Hall–Kier alpha value is -2.45. The summed E-state index contributed by atoms with van der Waals surface area (Å²) >= 11 is 0. The molecule has 1 aromatic carbocycles. The van der Waals surface area contributed by atoms with Crippen molar-refractivity contribution in [3.05, 3.63) is 71.3 Å². The number of allylic oxidation sites excluding steroid dienone is 5. The summed E-state index contributed by atoms with van der Waals surface area (Å²) in [6.07, 6.45) is 11.4. The lowest BCUT2D eigenvalue weighted by atomic mass is 9.33. The van der Waals surface area contributed by atoms with E-state index in [9.17, 15) is 22.4 Å². The number of rotatable bonds is 12. The average molecular weight is 823 g/mol. The lowest BCUT2D eigenvalue weighted by Crippen LogP contribution is -2.70. The molecule has 0 aromatic heterocycles. The number of alkyl halides is 4. The first-order valence-electron chi connectivity index (χ1n) is 23.1. The molecule has 4 fully saturated rings. The molecule has 6 aliphatic carbocycles. The number of esters is 1. The Morgan fingerprint density at radius 1 is 0.932 bits per heavy atom. The maximum atomic E-state index is 14.9. The Morgan fingerprint density at radius 2 is 1.66 bits per heavy atom. The topological polar surface area (TPSA) is 41.6 Å². The molecule has 2 unspecified atom stereocenters. The van der Waals surface area contributed by atoms with E-state index in [4.69, 9.17) is 4.74 Å². The molecule has 1 N–H and O–H groups in total. The third-order valence-electron chi connectivity index (χ3n) is 18.5. The quantitative estimate of drug-likeness (QED) is 0.130. The maximum Gasteiger partial charge on any atom is 0.405 e. The summed E-state index contributed by atoms with van der Waals surface area (Å²) in [5.74, 6) is 1.23. The van der Waals surface area contributed by atoms with Gasteiger partial charge in [0.05, 0.1) is 5.41 Å². The van der Waals surface area contributed by atoms with Gasteiger partial charge in [0.25, 0.3) is 0 Å². The third-order valence-corrected chi connectivity index (χ3v) is 18.5. The molecule has 328 valence electrons. The van der Waals surface area contributed by atoms with Gasteiger partial charge >= 0.3 is 12.1 Å². The van der Waals surface area contributed by atoms with Crippen LogP contribution in [0.3, 0.4) is 0 Å². The van der Waals surface area contributed by atoms with Gasteiger partial charge in [-0.2, -0.15) is 13.2 Å². The van der Waals surface area contributed by atoms with Crippen LogP contribution in [0.15, 0.2) is 65.8 Å². The fourth-order valence-electron chi connectivity index (χ4n) is 15.3. The van der Waals surface area contributed by atoms with Crippen LogP contribution in [0.5, 0.6) is 0 Å². The molecule has 0 radical (unpaired) electrons. The zero-order chi connectivity index (χ0) is 42.8. The van der Waals surface area contributed by atoms with E-state index in [1.165, 1.54) is 11.1 Å². The van der Waals surface area contributed by atoms with E-state index in [1.807, 2.05) is 49.2 Å². The van der Waals surface area contributed by atoms with E-state index < -0.39 is 35.8 Å². The fraction of sp³-hybridized carbons (Fsp3) is 0.745. The van der Waals surface area contributed by atoms with Crippen LogP contribution >= 0.6 is 0 Å². The lowest BCUT2D eigenvalue weighted by Gasteiger charge is -2.72. The predicted molar refractivity (Wildman–Crippen MR) is 230 cm³/mol. The number of hydrogen-bond donors (Lipinski definition) is 1. The highest BCUT2D eigenvalue weighted by Crippen LogP contribution is 2.76. The van der Waals surface area contributed by atoms with Crippen LogP contribution in [-0.2, 0) is 16.1 Å². The Morgan fingerprint density at radius 3 is 2.29 bits per heavy atom. The minimum Gasteiger partial charge on any atom is -0.460 e. The first-order valence-corrected chi connectivity index (χ1v) is 23.1. The molecule has 8 heteroatoms. The van der Waals surface area contributed by atoms with Crippen LogP contribution in [0.2, 0.25) is 0 Å². The van der Waals surface area contributed by atoms with E-state index in [1.54, 1.807) is 0 Å². The van der Waals surface area contributed by atoms with Crippen LogP contribution in [0.1, 0.15) is 138 Å². The molecule has 59 heavy (non-hydrogen) atoms. The summed E-state index contributed by atoms with van der Waals surface area (Å²) in [5, 5.41) is 3.44. The molecule has 0 heterocycles. The molecule has 7 rings (SSSR count). The van der Waals surface area contributed by atoms with Crippen molar-refractivity contribution in [1.82, 2.24) is 10.2 Å². The predicted octanol–water partition coefficient (Wildman–Crippen LogP) is 12.6. The average Bonchev–Trinajstić information content (AvgIpc) is 3.57. The van der Waals surface area contributed by atoms with Crippen LogP contribution in [-0.4, -0.2) is 55.4 Å². The molecule has 6 aliphatic rings. The molecule has 0 bridgehead atoms. The van der Waals surface area contributed by atoms with Crippen molar-refractivity contribution in [2.24, 2.45) is 56.7 Å². The van der Waals surface area contributed by atoms with E-state index in [0.29, 0.717) is 43.6 Å². The number of halogens is 4. The number of likely N-dealkylation sites (N-methyl/N-ethyl adjacent to an activating group) is 1. The second kappa shape index (κ2) is 16.0. The van der Waals surface area contributed by atoms with Gasteiger partial charge < -0.3 is 9.64 Å². The SMILES string of the molecule is C=C(C)[C@@H]1CCC2(NC(CN(C)CCC)C(F)(F)F)CC[C@]3(C)[C@H](CC[C@@H]4[C@@]5(C)CC=C(C6=CC[C@](CF)(C(=O)OCc7ccccc7)CC6)C(C)(C)[C@@H]5CC[C@]43C)[C@@H]12. The number of ether oxygens (including phenoxy) is 1. The molecular weight excluding hydrogens is 749 g/mol. The Bertz CT molecular complexity index is 1790. The summed E-state index contributed by atoms with van der Waals surface area (Å²) in [4.78, 5) is 15.2. The van der Waals surface area contributed by atoms with Crippen LogP contribution < -0.4 is 5.32 Å². The van der Waals surface area contributed by atoms with Gasteiger partial charge in [-0.05, 0) is 172 Å². The smallest absolute Gasteiger partial charge is 0.405 e. The Balaban J connectivity index is 1.13. The standard InChI is InChI=1S/C51H74F4N2O2/c1-10-30-57(9)31-42(51(53,54)55)56-50-27-20-37(34(2)3)43(50)39-16-17-41-46(6)23-21-38(45(4,5)40(46)22-24-48(41,8)47(39,7)28-29-50)36-18-25-49(33-52,26-19-36)44(58)59-32-35-14-12-11-13-15-35/h11-15,18,21,37,39-43,56H,2,10,16-17,19-20,22-33H2,1,3-9H3/t37-,39+,40-,41+,42?,43+,46-,47+,48+,49-,50?/m0/s1. The van der Waals surface area contributed by atoms with Gasteiger partial charge in [-0.1, -0.05) is 96.2 Å². The maximum absolute atomic E-state index is 14.9. The van der Waals surface area contributed by atoms with Crippen molar-refractivity contribution < 1.29 is 27.1 Å². The van der Waals surface area contributed by atoms with E-state index in [-0.39, 0.29) is 46.6 Å². The van der Waals surface area contributed by atoms with E-state index in [2.05, 4.69) is 65.6 Å². The molecule has 0 aliphatic heterocycles. The highest BCUT2D eigenvalue weighted by atomic mass is 19.4.